The molecule has 1 amide bonds. The topological polar surface area (TPSA) is 42.4 Å². The van der Waals surface area contributed by atoms with Gasteiger partial charge in [0.15, 0.2) is 0 Å². The number of carbonyl (C=O) groups is 1. The molecule has 1 saturated heterocycles. The first-order valence-corrected chi connectivity index (χ1v) is 8.12. The number of ether oxygens (including phenoxy) is 1. The summed E-state index contributed by atoms with van der Waals surface area (Å²) in [6.45, 7) is 3.27. The van der Waals surface area contributed by atoms with Gasteiger partial charge in [-0.25, -0.2) is 0 Å². The average Bonchev–Trinajstić information content (AvgIpc) is 3.15. The van der Waals surface area contributed by atoms with E-state index in [1.54, 1.807) is 6.20 Å². The molecule has 0 unspecified atom stereocenters. The van der Waals surface area contributed by atoms with Crippen LogP contribution in [0.3, 0.4) is 0 Å². The molecule has 1 aliphatic heterocycles. The van der Waals surface area contributed by atoms with Gasteiger partial charge in [0.05, 0.1) is 11.7 Å². The third kappa shape index (κ3) is 3.77. The number of hydrogen-bond donors (Lipinski definition) is 0. The van der Waals surface area contributed by atoms with E-state index in [-0.39, 0.29) is 18.1 Å². The van der Waals surface area contributed by atoms with Crippen molar-refractivity contribution in [3.05, 3.63) is 66.0 Å². The Morgan fingerprint density at radius 3 is 2.70 bits per heavy atom. The number of aromatic nitrogens is 1. The van der Waals surface area contributed by atoms with E-state index in [1.165, 1.54) is 0 Å². The molecule has 4 nitrogen and oxygen atoms in total. The van der Waals surface area contributed by atoms with E-state index in [9.17, 15) is 4.79 Å². The first-order chi connectivity index (χ1) is 11.3. The number of pyridine rings is 1. The molecule has 2 aromatic rings. The lowest BCUT2D eigenvalue weighted by Crippen LogP contribution is -2.40. The molecule has 0 radical (unpaired) electrons. The number of amides is 1. The van der Waals surface area contributed by atoms with Gasteiger partial charge in [-0.1, -0.05) is 36.4 Å². The van der Waals surface area contributed by atoms with Crippen molar-refractivity contribution in [2.75, 3.05) is 6.61 Å². The van der Waals surface area contributed by atoms with Crippen molar-refractivity contribution in [3.63, 3.8) is 0 Å². The highest BCUT2D eigenvalue weighted by molar-refractivity contribution is 5.81. The molecule has 1 aromatic carbocycles. The zero-order valence-electron chi connectivity index (χ0n) is 13.4. The first-order valence-electron chi connectivity index (χ1n) is 8.12. The fraction of sp³-hybridized carbons (Fsp3) is 0.368. The average molecular weight is 310 g/mol. The molecular weight excluding hydrogens is 288 g/mol. The third-order valence-corrected chi connectivity index (χ3v) is 4.27. The third-order valence-electron chi connectivity index (χ3n) is 4.27. The van der Waals surface area contributed by atoms with Crippen LogP contribution >= 0.6 is 0 Å². The van der Waals surface area contributed by atoms with Gasteiger partial charge < -0.3 is 9.64 Å². The Hall–Kier alpha value is -2.20. The Balaban J connectivity index is 1.84. The fourth-order valence-corrected chi connectivity index (χ4v) is 2.93. The van der Waals surface area contributed by atoms with Gasteiger partial charge in [-0.15, -0.1) is 0 Å². The Labute approximate surface area is 137 Å². The predicted molar refractivity (Wildman–Crippen MR) is 88.6 cm³/mol. The van der Waals surface area contributed by atoms with E-state index >= 15 is 0 Å². The van der Waals surface area contributed by atoms with E-state index < -0.39 is 0 Å². The van der Waals surface area contributed by atoms with Crippen molar-refractivity contribution >= 4 is 5.91 Å². The van der Waals surface area contributed by atoms with Gasteiger partial charge in [0.2, 0.25) is 0 Å². The maximum Gasteiger partial charge on any atom is 0.252 e. The zero-order valence-corrected chi connectivity index (χ0v) is 13.4. The quantitative estimate of drug-likeness (QED) is 0.850. The Morgan fingerprint density at radius 1 is 1.26 bits per heavy atom. The molecule has 23 heavy (non-hydrogen) atoms. The first kappa shape index (κ1) is 15.7. The van der Waals surface area contributed by atoms with Crippen LogP contribution in [0.1, 0.15) is 37.1 Å². The minimum Gasteiger partial charge on any atom is -0.368 e. The molecule has 2 atom stereocenters. The van der Waals surface area contributed by atoms with Crippen molar-refractivity contribution in [1.29, 1.82) is 0 Å². The Bertz CT molecular complexity index is 624. The van der Waals surface area contributed by atoms with Crippen LogP contribution in [0.15, 0.2) is 54.7 Å². The van der Waals surface area contributed by atoms with Crippen LogP contribution in [0.5, 0.6) is 0 Å². The number of nitrogens with zero attached hydrogens (tertiary/aromatic N) is 2. The van der Waals surface area contributed by atoms with Gasteiger partial charge in [-0.05, 0) is 37.5 Å². The lowest BCUT2D eigenvalue weighted by molar-refractivity contribution is -0.144. The molecule has 0 bridgehead atoms. The molecule has 1 fully saturated rings. The standard InChI is InChI=1S/C19H22N2O2/c1-15(17-10-5-6-12-20-17)21(14-16-8-3-2-4-9-16)19(22)18-11-7-13-23-18/h2-6,8-10,12,15,18H,7,11,13-14H2,1H3/t15-,18+/m1/s1. The molecule has 120 valence electrons. The van der Waals surface area contributed by atoms with Gasteiger partial charge >= 0.3 is 0 Å². The summed E-state index contributed by atoms with van der Waals surface area (Å²) in [4.78, 5) is 19.2. The highest BCUT2D eigenvalue weighted by atomic mass is 16.5. The summed E-state index contributed by atoms with van der Waals surface area (Å²) in [5.74, 6) is 0.0597. The number of carbonyl (C=O) groups excluding carboxylic acids is 1. The highest BCUT2D eigenvalue weighted by Crippen LogP contribution is 2.25. The smallest absolute Gasteiger partial charge is 0.252 e. The molecule has 2 heterocycles. The van der Waals surface area contributed by atoms with Crippen LogP contribution in [-0.4, -0.2) is 28.5 Å². The second-order valence-corrected chi connectivity index (χ2v) is 5.88. The van der Waals surface area contributed by atoms with E-state index in [2.05, 4.69) is 4.98 Å². The van der Waals surface area contributed by atoms with Gasteiger partial charge in [0, 0.05) is 19.3 Å². The monoisotopic (exact) mass is 310 g/mol. The Morgan fingerprint density at radius 2 is 2.04 bits per heavy atom. The maximum absolute atomic E-state index is 12.9. The largest absolute Gasteiger partial charge is 0.368 e. The highest BCUT2D eigenvalue weighted by Gasteiger charge is 2.31. The summed E-state index contributed by atoms with van der Waals surface area (Å²) in [6, 6.07) is 15.8. The van der Waals surface area contributed by atoms with Gasteiger partial charge in [-0.2, -0.15) is 0 Å². The molecule has 4 heteroatoms. The predicted octanol–water partition coefficient (Wildman–Crippen LogP) is 3.35. The second-order valence-electron chi connectivity index (χ2n) is 5.88. The number of rotatable bonds is 5. The van der Waals surface area contributed by atoms with Gasteiger partial charge in [0.25, 0.3) is 5.91 Å². The maximum atomic E-state index is 12.9. The number of benzene rings is 1. The van der Waals surface area contributed by atoms with Crippen LogP contribution in [0.2, 0.25) is 0 Å². The lowest BCUT2D eigenvalue weighted by Gasteiger charge is -2.31. The molecule has 0 aliphatic carbocycles. The summed E-state index contributed by atoms with van der Waals surface area (Å²) >= 11 is 0. The van der Waals surface area contributed by atoms with Gasteiger partial charge in [-0.3, -0.25) is 9.78 Å². The molecule has 1 aliphatic rings. The van der Waals surface area contributed by atoms with Crippen LogP contribution < -0.4 is 0 Å². The number of hydrogen-bond acceptors (Lipinski definition) is 3. The van der Waals surface area contributed by atoms with Crippen LogP contribution in [-0.2, 0) is 16.1 Å². The molecule has 0 N–H and O–H groups in total. The van der Waals surface area contributed by atoms with Crippen molar-refractivity contribution in [1.82, 2.24) is 9.88 Å². The summed E-state index contributed by atoms with van der Waals surface area (Å²) in [7, 11) is 0. The van der Waals surface area contributed by atoms with Crippen LogP contribution in [0, 0.1) is 0 Å². The zero-order chi connectivity index (χ0) is 16.1. The summed E-state index contributed by atoms with van der Waals surface area (Å²) in [5, 5.41) is 0. The van der Waals surface area contributed by atoms with Crippen LogP contribution in [0.25, 0.3) is 0 Å². The van der Waals surface area contributed by atoms with Crippen LogP contribution in [0.4, 0.5) is 0 Å². The summed E-state index contributed by atoms with van der Waals surface area (Å²) in [5.41, 5.74) is 2.01. The van der Waals surface area contributed by atoms with Crippen molar-refractivity contribution in [2.24, 2.45) is 0 Å². The normalized spacial score (nSPS) is 18.6. The van der Waals surface area contributed by atoms with E-state index in [0.29, 0.717) is 13.2 Å². The SMILES string of the molecule is C[C@H](c1ccccn1)N(Cc1ccccc1)C(=O)[C@@H]1CCCO1. The van der Waals surface area contributed by atoms with Crippen molar-refractivity contribution < 1.29 is 9.53 Å². The molecule has 0 saturated carbocycles. The van der Waals surface area contributed by atoms with E-state index in [4.69, 9.17) is 4.74 Å². The van der Waals surface area contributed by atoms with Crippen molar-refractivity contribution in [2.45, 2.75) is 38.5 Å². The molecule has 0 spiro atoms. The summed E-state index contributed by atoms with van der Waals surface area (Å²) in [6.07, 6.45) is 3.21. The minimum atomic E-state index is -0.315. The van der Waals surface area contributed by atoms with Crippen molar-refractivity contribution in [3.8, 4) is 0 Å². The minimum absolute atomic E-state index is 0.0597. The molecule has 3 rings (SSSR count). The fourth-order valence-electron chi connectivity index (χ4n) is 2.93. The van der Waals surface area contributed by atoms with Gasteiger partial charge in [0.1, 0.15) is 6.10 Å². The van der Waals surface area contributed by atoms with E-state index in [0.717, 1.165) is 24.1 Å². The lowest BCUT2D eigenvalue weighted by atomic mass is 10.1. The molecule has 1 aromatic heterocycles. The second kappa shape index (κ2) is 7.38. The molecular formula is C19H22N2O2. The Kier molecular flexibility index (Phi) is 5.03. The summed E-state index contributed by atoms with van der Waals surface area (Å²) < 4.78 is 5.61. The van der Waals surface area contributed by atoms with E-state index in [1.807, 2.05) is 60.4 Å².